The maximum absolute atomic E-state index is 11.7. The summed E-state index contributed by atoms with van der Waals surface area (Å²) in [6.07, 6.45) is -0.789. The van der Waals surface area contributed by atoms with Crippen molar-refractivity contribution in [3.63, 3.8) is 0 Å². The van der Waals surface area contributed by atoms with Crippen LogP contribution in [0, 0.1) is 0 Å². The molecule has 0 heterocycles. The summed E-state index contributed by atoms with van der Waals surface area (Å²) in [6, 6.07) is 6.47. The molecular formula is C12H14ClNO3. The van der Waals surface area contributed by atoms with E-state index in [9.17, 15) is 9.59 Å². The fourth-order valence-corrected chi connectivity index (χ4v) is 1.33. The Morgan fingerprint density at radius 3 is 2.35 bits per heavy atom. The highest BCUT2D eigenvalue weighted by atomic mass is 35.5. The molecule has 17 heavy (non-hydrogen) atoms. The Hall–Kier alpha value is -1.55. The average molecular weight is 256 g/mol. The van der Waals surface area contributed by atoms with Crippen molar-refractivity contribution in [2.75, 3.05) is 0 Å². The van der Waals surface area contributed by atoms with Gasteiger partial charge >= 0.3 is 6.09 Å². The van der Waals surface area contributed by atoms with Crippen molar-refractivity contribution in [1.29, 1.82) is 0 Å². The van der Waals surface area contributed by atoms with E-state index in [1.165, 1.54) is 6.07 Å². The summed E-state index contributed by atoms with van der Waals surface area (Å²) in [5.41, 5.74) is -0.412. The van der Waals surface area contributed by atoms with Gasteiger partial charge in [0.25, 0.3) is 5.91 Å². The second-order valence-corrected chi connectivity index (χ2v) is 4.84. The van der Waals surface area contributed by atoms with Crippen molar-refractivity contribution in [3.8, 4) is 0 Å². The lowest BCUT2D eigenvalue weighted by Crippen LogP contribution is -2.36. The standard InChI is InChI=1S/C12H14ClNO3/c1-12(2,3)17-11(16)14-10(15)8-6-4-5-7-9(8)13/h4-7H,1-3H3,(H,14,15,16). The number of alkyl carbamates (subject to hydrolysis) is 1. The van der Waals surface area contributed by atoms with E-state index >= 15 is 0 Å². The van der Waals surface area contributed by atoms with E-state index in [2.05, 4.69) is 5.32 Å². The number of ether oxygens (including phenoxy) is 1. The Bertz CT molecular complexity index is 438. The maximum Gasteiger partial charge on any atom is 0.414 e. The largest absolute Gasteiger partial charge is 0.444 e. The Balaban J connectivity index is 2.68. The molecule has 0 saturated carbocycles. The highest BCUT2D eigenvalue weighted by molar-refractivity contribution is 6.34. The number of halogens is 1. The summed E-state index contributed by atoms with van der Waals surface area (Å²) in [5.74, 6) is -0.579. The van der Waals surface area contributed by atoms with Crippen molar-refractivity contribution in [2.45, 2.75) is 26.4 Å². The third-order valence-electron chi connectivity index (χ3n) is 1.73. The Labute approximate surface area is 105 Å². The number of carbonyl (C=O) groups is 2. The molecule has 0 bridgehead atoms. The zero-order chi connectivity index (χ0) is 13.1. The summed E-state index contributed by atoms with van der Waals surface area (Å²) in [6.45, 7) is 5.14. The topological polar surface area (TPSA) is 55.4 Å². The SMILES string of the molecule is CC(C)(C)OC(=O)NC(=O)c1ccccc1Cl. The van der Waals surface area contributed by atoms with Gasteiger partial charge in [0.15, 0.2) is 0 Å². The molecule has 1 N–H and O–H groups in total. The van der Waals surface area contributed by atoms with Crippen LogP contribution in [0.4, 0.5) is 4.79 Å². The highest BCUT2D eigenvalue weighted by Crippen LogP contribution is 2.14. The normalized spacial score (nSPS) is 10.8. The van der Waals surface area contributed by atoms with Crippen molar-refractivity contribution in [2.24, 2.45) is 0 Å². The fraction of sp³-hybridized carbons (Fsp3) is 0.333. The van der Waals surface area contributed by atoms with Crippen LogP contribution in [-0.2, 0) is 4.74 Å². The van der Waals surface area contributed by atoms with Gasteiger partial charge in [0.05, 0.1) is 10.6 Å². The lowest BCUT2D eigenvalue weighted by atomic mass is 10.2. The number of benzene rings is 1. The van der Waals surface area contributed by atoms with Crippen LogP contribution in [-0.4, -0.2) is 17.6 Å². The van der Waals surface area contributed by atoms with Gasteiger partial charge in [-0.05, 0) is 32.9 Å². The lowest BCUT2D eigenvalue weighted by Gasteiger charge is -2.19. The molecular weight excluding hydrogens is 242 g/mol. The summed E-state index contributed by atoms with van der Waals surface area (Å²) in [4.78, 5) is 23.0. The van der Waals surface area contributed by atoms with E-state index < -0.39 is 17.6 Å². The average Bonchev–Trinajstić information content (AvgIpc) is 2.14. The molecule has 1 aromatic carbocycles. The van der Waals surface area contributed by atoms with Gasteiger partial charge in [0.2, 0.25) is 0 Å². The smallest absolute Gasteiger partial charge is 0.414 e. The Kier molecular flexibility index (Phi) is 4.12. The zero-order valence-electron chi connectivity index (χ0n) is 9.91. The second kappa shape index (κ2) is 5.19. The minimum atomic E-state index is -0.789. The van der Waals surface area contributed by atoms with Gasteiger partial charge in [-0.1, -0.05) is 23.7 Å². The van der Waals surface area contributed by atoms with Crippen LogP contribution < -0.4 is 5.32 Å². The minimum absolute atomic E-state index is 0.236. The van der Waals surface area contributed by atoms with Crippen LogP contribution in [0.2, 0.25) is 5.02 Å². The van der Waals surface area contributed by atoms with Gasteiger partial charge in [0.1, 0.15) is 5.60 Å². The molecule has 0 aliphatic carbocycles. The van der Waals surface area contributed by atoms with E-state index in [1.54, 1.807) is 39.0 Å². The molecule has 4 nitrogen and oxygen atoms in total. The summed E-state index contributed by atoms with van der Waals surface area (Å²) >= 11 is 5.82. The predicted molar refractivity (Wildman–Crippen MR) is 65.2 cm³/mol. The van der Waals surface area contributed by atoms with E-state index in [1.807, 2.05) is 0 Å². The molecule has 0 aromatic heterocycles. The quantitative estimate of drug-likeness (QED) is 0.839. The molecule has 0 radical (unpaired) electrons. The molecule has 5 heteroatoms. The van der Waals surface area contributed by atoms with Crippen LogP contribution in [0.3, 0.4) is 0 Å². The summed E-state index contributed by atoms with van der Waals surface area (Å²) in [5, 5.41) is 2.39. The van der Waals surface area contributed by atoms with E-state index in [0.29, 0.717) is 0 Å². The molecule has 92 valence electrons. The van der Waals surface area contributed by atoms with Gasteiger partial charge in [-0.15, -0.1) is 0 Å². The summed E-state index contributed by atoms with van der Waals surface area (Å²) in [7, 11) is 0. The van der Waals surface area contributed by atoms with Crippen molar-refractivity contribution in [1.82, 2.24) is 5.32 Å². The van der Waals surface area contributed by atoms with Gasteiger partial charge in [0, 0.05) is 0 Å². The number of hydrogen-bond donors (Lipinski definition) is 1. The van der Waals surface area contributed by atoms with Crippen LogP contribution in [0.15, 0.2) is 24.3 Å². The van der Waals surface area contributed by atoms with Crippen LogP contribution in [0.25, 0.3) is 0 Å². The van der Waals surface area contributed by atoms with Crippen molar-refractivity contribution in [3.05, 3.63) is 34.9 Å². The molecule has 2 amide bonds. The predicted octanol–water partition coefficient (Wildman–Crippen LogP) is 3.00. The molecule has 0 atom stereocenters. The molecule has 0 fully saturated rings. The van der Waals surface area contributed by atoms with Gasteiger partial charge in [-0.3, -0.25) is 10.1 Å². The fourth-order valence-electron chi connectivity index (χ4n) is 1.11. The first-order chi connectivity index (χ1) is 7.79. The minimum Gasteiger partial charge on any atom is -0.444 e. The van der Waals surface area contributed by atoms with Crippen LogP contribution in [0.1, 0.15) is 31.1 Å². The van der Waals surface area contributed by atoms with E-state index in [0.717, 1.165) is 0 Å². The number of amides is 2. The number of hydrogen-bond acceptors (Lipinski definition) is 3. The third kappa shape index (κ3) is 4.44. The lowest BCUT2D eigenvalue weighted by molar-refractivity contribution is 0.0508. The molecule has 1 rings (SSSR count). The van der Waals surface area contributed by atoms with E-state index in [4.69, 9.17) is 16.3 Å². The van der Waals surface area contributed by atoms with Gasteiger partial charge in [-0.25, -0.2) is 4.79 Å². The number of imide groups is 1. The molecule has 0 saturated heterocycles. The molecule has 0 unspecified atom stereocenters. The van der Waals surface area contributed by atoms with Crippen molar-refractivity contribution < 1.29 is 14.3 Å². The van der Waals surface area contributed by atoms with Gasteiger partial charge in [-0.2, -0.15) is 0 Å². The summed E-state index contributed by atoms with van der Waals surface area (Å²) < 4.78 is 4.96. The number of rotatable bonds is 1. The number of carbonyl (C=O) groups excluding carboxylic acids is 2. The first-order valence-corrected chi connectivity index (χ1v) is 5.46. The van der Waals surface area contributed by atoms with Crippen molar-refractivity contribution >= 4 is 23.6 Å². The second-order valence-electron chi connectivity index (χ2n) is 4.44. The number of nitrogens with one attached hydrogen (secondary N) is 1. The zero-order valence-corrected chi connectivity index (χ0v) is 10.7. The molecule has 0 aliphatic heterocycles. The first kappa shape index (κ1) is 13.5. The highest BCUT2D eigenvalue weighted by Gasteiger charge is 2.19. The Morgan fingerprint density at radius 2 is 1.82 bits per heavy atom. The van der Waals surface area contributed by atoms with Crippen LogP contribution in [0.5, 0.6) is 0 Å². The molecule has 0 spiro atoms. The molecule has 0 aliphatic rings. The van der Waals surface area contributed by atoms with Gasteiger partial charge < -0.3 is 4.74 Å². The maximum atomic E-state index is 11.7. The van der Waals surface area contributed by atoms with Crippen LogP contribution >= 0.6 is 11.6 Å². The van der Waals surface area contributed by atoms with E-state index in [-0.39, 0.29) is 10.6 Å². The monoisotopic (exact) mass is 255 g/mol. The first-order valence-electron chi connectivity index (χ1n) is 5.08. The molecule has 1 aromatic rings. The Morgan fingerprint density at radius 1 is 1.24 bits per heavy atom. The third-order valence-corrected chi connectivity index (χ3v) is 2.06.